The van der Waals surface area contributed by atoms with E-state index in [1.165, 1.54) is 11.1 Å². The molecule has 1 N–H and O–H groups in total. The van der Waals surface area contributed by atoms with Gasteiger partial charge in [0.2, 0.25) is 0 Å². The molecule has 2 rings (SSSR count). The van der Waals surface area contributed by atoms with Gasteiger partial charge in [-0.05, 0) is 26.5 Å². The highest BCUT2D eigenvalue weighted by molar-refractivity contribution is 5.30. The molecule has 4 heteroatoms. The molecule has 0 spiro atoms. The maximum absolute atomic E-state index is 4.08. The van der Waals surface area contributed by atoms with Crippen LogP contribution >= 0.6 is 0 Å². The Morgan fingerprint density at radius 2 is 2.24 bits per heavy atom. The molecule has 17 heavy (non-hydrogen) atoms. The highest BCUT2D eigenvalue weighted by Gasteiger charge is 2.16. The zero-order valence-electron chi connectivity index (χ0n) is 10.5. The average Bonchev–Trinajstić information content (AvgIpc) is 2.78. The van der Waals surface area contributed by atoms with E-state index in [0.29, 0.717) is 0 Å². The van der Waals surface area contributed by atoms with E-state index in [1.807, 2.05) is 17.9 Å². The van der Waals surface area contributed by atoms with Crippen LogP contribution in [0, 0.1) is 6.92 Å². The van der Waals surface area contributed by atoms with Crippen LogP contribution in [-0.2, 0) is 6.54 Å². The van der Waals surface area contributed by atoms with Gasteiger partial charge in [0.1, 0.15) is 0 Å². The Morgan fingerprint density at radius 1 is 1.41 bits per heavy atom. The number of nitrogens with one attached hydrogen (secondary N) is 1. The molecule has 0 bridgehead atoms. The maximum Gasteiger partial charge on any atom is 0.0801 e. The molecule has 0 fully saturated rings. The lowest BCUT2D eigenvalue weighted by molar-refractivity contribution is 0.552. The van der Waals surface area contributed by atoms with Crippen molar-refractivity contribution in [2.75, 3.05) is 7.05 Å². The Hall–Kier alpha value is -1.68. The summed E-state index contributed by atoms with van der Waals surface area (Å²) >= 11 is 0. The number of nitrogens with zero attached hydrogens (tertiary/aromatic N) is 3. The minimum absolute atomic E-state index is 0.143. The van der Waals surface area contributed by atoms with Gasteiger partial charge in [0, 0.05) is 6.54 Å². The van der Waals surface area contributed by atoms with Gasteiger partial charge in [0.25, 0.3) is 0 Å². The molecule has 1 heterocycles. The summed E-state index contributed by atoms with van der Waals surface area (Å²) in [5.41, 5.74) is 3.60. The average molecular weight is 230 g/mol. The molecule has 0 aliphatic carbocycles. The molecule has 0 aliphatic rings. The summed E-state index contributed by atoms with van der Waals surface area (Å²) in [5.74, 6) is 0. The highest BCUT2D eigenvalue weighted by Crippen LogP contribution is 2.21. The van der Waals surface area contributed by atoms with Gasteiger partial charge in [-0.25, -0.2) is 4.68 Å². The van der Waals surface area contributed by atoms with Gasteiger partial charge in [-0.2, -0.15) is 0 Å². The van der Waals surface area contributed by atoms with Crippen molar-refractivity contribution in [2.24, 2.45) is 0 Å². The third-order valence-corrected chi connectivity index (χ3v) is 2.91. The van der Waals surface area contributed by atoms with E-state index in [9.17, 15) is 0 Å². The summed E-state index contributed by atoms with van der Waals surface area (Å²) in [6.45, 7) is 5.01. The Labute approximate surface area is 102 Å². The first-order valence-electron chi connectivity index (χ1n) is 5.88. The third-order valence-electron chi connectivity index (χ3n) is 2.91. The van der Waals surface area contributed by atoms with Gasteiger partial charge >= 0.3 is 0 Å². The number of aryl methyl sites for hydroxylation is 2. The summed E-state index contributed by atoms with van der Waals surface area (Å²) in [6, 6.07) is 8.64. The van der Waals surface area contributed by atoms with Gasteiger partial charge < -0.3 is 5.32 Å². The number of rotatable bonds is 4. The topological polar surface area (TPSA) is 42.7 Å². The lowest BCUT2D eigenvalue weighted by Gasteiger charge is -2.17. The van der Waals surface area contributed by atoms with Crippen LogP contribution in [0.25, 0.3) is 0 Å². The minimum Gasteiger partial charge on any atom is -0.308 e. The summed E-state index contributed by atoms with van der Waals surface area (Å²) in [7, 11) is 1.96. The second kappa shape index (κ2) is 5.10. The third kappa shape index (κ3) is 2.36. The van der Waals surface area contributed by atoms with Gasteiger partial charge in [-0.15, -0.1) is 5.10 Å². The van der Waals surface area contributed by atoms with E-state index in [0.717, 1.165) is 12.2 Å². The lowest BCUT2D eigenvalue weighted by Crippen LogP contribution is -2.21. The molecule has 0 radical (unpaired) electrons. The van der Waals surface area contributed by atoms with Crippen LogP contribution in [0.15, 0.2) is 30.5 Å². The largest absolute Gasteiger partial charge is 0.308 e. The zero-order chi connectivity index (χ0) is 12.3. The molecule has 90 valence electrons. The molecule has 1 unspecified atom stereocenters. The molecule has 0 saturated carbocycles. The first-order chi connectivity index (χ1) is 8.26. The van der Waals surface area contributed by atoms with Crippen molar-refractivity contribution < 1.29 is 0 Å². The molecule has 0 amide bonds. The lowest BCUT2D eigenvalue weighted by atomic mass is 10.0. The van der Waals surface area contributed by atoms with Crippen molar-refractivity contribution in [1.82, 2.24) is 20.3 Å². The summed E-state index contributed by atoms with van der Waals surface area (Å²) in [5, 5.41) is 11.4. The molecule has 1 aromatic carbocycles. The Kier molecular flexibility index (Phi) is 3.54. The van der Waals surface area contributed by atoms with Gasteiger partial charge in [-0.3, -0.25) is 0 Å². The van der Waals surface area contributed by atoms with Crippen LogP contribution < -0.4 is 5.32 Å². The molecule has 1 aromatic heterocycles. The molecular weight excluding hydrogens is 212 g/mol. The fourth-order valence-corrected chi connectivity index (χ4v) is 2.07. The van der Waals surface area contributed by atoms with Crippen molar-refractivity contribution in [2.45, 2.75) is 26.4 Å². The van der Waals surface area contributed by atoms with Gasteiger partial charge in [0.05, 0.1) is 17.9 Å². The Morgan fingerprint density at radius 3 is 2.88 bits per heavy atom. The standard InChI is InChI=1S/C13H18N4/c1-4-17-12(9-15-16-17)13(14-3)11-7-5-6-10(2)8-11/h5-9,13-14H,4H2,1-3H3. The number of hydrogen-bond donors (Lipinski definition) is 1. The summed E-state index contributed by atoms with van der Waals surface area (Å²) < 4.78 is 1.92. The fourth-order valence-electron chi connectivity index (χ4n) is 2.07. The van der Waals surface area contributed by atoms with E-state index in [-0.39, 0.29) is 6.04 Å². The zero-order valence-corrected chi connectivity index (χ0v) is 10.5. The quantitative estimate of drug-likeness (QED) is 0.872. The van der Waals surface area contributed by atoms with Gasteiger partial charge in [0.15, 0.2) is 0 Å². The minimum atomic E-state index is 0.143. The van der Waals surface area contributed by atoms with Crippen LogP contribution in [0.2, 0.25) is 0 Å². The van der Waals surface area contributed by atoms with Crippen molar-refractivity contribution >= 4 is 0 Å². The van der Waals surface area contributed by atoms with Gasteiger partial charge in [-0.1, -0.05) is 35.0 Å². The second-order valence-corrected chi connectivity index (χ2v) is 4.11. The van der Waals surface area contributed by atoms with E-state index in [4.69, 9.17) is 0 Å². The van der Waals surface area contributed by atoms with Crippen LogP contribution in [0.1, 0.15) is 29.8 Å². The molecule has 0 saturated heterocycles. The van der Waals surface area contributed by atoms with E-state index < -0.39 is 0 Å². The Balaban J connectivity index is 2.40. The van der Waals surface area contributed by atoms with E-state index in [2.05, 4.69) is 53.7 Å². The summed E-state index contributed by atoms with van der Waals surface area (Å²) in [4.78, 5) is 0. The molecular formula is C13H18N4. The van der Waals surface area contributed by atoms with Crippen LogP contribution in [0.5, 0.6) is 0 Å². The second-order valence-electron chi connectivity index (χ2n) is 4.11. The molecule has 1 atom stereocenters. The van der Waals surface area contributed by atoms with Crippen molar-refractivity contribution in [3.8, 4) is 0 Å². The van der Waals surface area contributed by atoms with Crippen LogP contribution in [0.3, 0.4) is 0 Å². The van der Waals surface area contributed by atoms with E-state index in [1.54, 1.807) is 0 Å². The monoisotopic (exact) mass is 230 g/mol. The number of aromatic nitrogens is 3. The van der Waals surface area contributed by atoms with Crippen molar-refractivity contribution in [3.05, 3.63) is 47.3 Å². The first-order valence-corrected chi connectivity index (χ1v) is 5.88. The van der Waals surface area contributed by atoms with Crippen molar-refractivity contribution in [1.29, 1.82) is 0 Å². The molecule has 0 aliphatic heterocycles. The first kappa shape index (κ1) is 11.8. The van der Waals surface area contributed by atoms with Crippen LogP contribution in [0.4, 0.5) is 0 Å². The molecule has 2 aromatic rings. The van der Waals surface area contributed by atoms with Crippen molar-refractivity contribution in [3.63, 3.8) is 0 Å². The maximum atomic E-state index is 4.08. The predicted molar refractivity (Wildman–Crippen MR) is 67.8 cm³/mol. The SMILES string of the molecule is CCn1nncc1C(NC)c1cccc(C)c1. The smallest absolute Gasteiger partial charge is 0.0801 e. The summed E-state index contributed by atoms with van der Waals surface area (Å²) in [6.07, 6.45) is 1.83. The normalized spacial score (nSPS) is 12.6. The predicted octanol–water partition coefficient (Wildman–Crippen LogP) is 1.92. The Bertz CT molecular complexity index is 490. The molecule has 4 nitrogen and oxygen atoms in total. The highest BCUT2D eigenvalue weighted by atomic mass is 15.4. The fraction of sp³-hybridized carbons (Fsp3) is 0.385. The van der Waals surface area contributed by atoms with Crippen LogP contribution in [-0.4, -0.2) is 22.0 Å². The number of hydrogen-bond acceptors (Lipinski definition) is 3. The van der Waals surface area contributed by atoms with E-state index >= 15 is 0 Å². The number of benzene rings is 1.